The van der Waals surface area contributed by atoms with E-state index in [-0.39, 0.29) is 0 Å². The third kappa shape index (κ3) is 3.26. The van der Waals surface area contributed by atoms with E-state index in [9.17, 15) is 4.79 Å². The van der Waals surface area contributed by atoms with Crippen LogP contribution in [-0.2, 0) is 11.2 Å². The molecule has 106 valence electrons. The van der Waals surface area contributed by atoms with Crippen molar-refractivity contribution in [3.8, 4) is 0 Å². The first-order valence-corrected chi connectivity index (χ1v) is 7.40. The van der Waals surface area contributed by atoms with Gasteiger partial charge in [-0.1, -0.05) is 24.3 Å². The molecule has 21 heavy (non-hydrogen) atoms. The minimum absolute atomic E-state index is 0.408. The van der Waals surface area contributed by atoms with Crippen LogP contribution in [0.4, 0.5) is 5.69 Å². The van der Waals surface area contributed by atoms with Gasteiger partial charge in [0.15, 0.2) is 0 Å². The molecule has 3 aromatic rings. The third-order valence-corrected chi connectivity index (χ3v) is 4.11. The van der Waals surface area contributed by atoms with Gasteiger partial charge in [0, 0.05) is 12.1 Å². The second-order valence-electron chi connectivity index (χ2n) is 4.66. The van der Waals surface area contributed by atoms with Gasteiger partial charge in [-0.05, 0) is 29.8 Å². The van der Waals surface area contributed by atoms with Crippen molar-refractivity contribution in [2.24, 2.45) is 0 Å². The molecule has 0 spiro atoms. The van der Waals surface area contributed by atoms with Crippen molar-refractivity contribution in [2.45, 2.75) is 6.42 Å². The maximum absolute atomic E-state index is 11.1. The van der Waals surface area contributed by atoms with Gasteiger partial charge in [-0.15, -0.1) is 11.3 Å². The highest BCUT2D eigenvalue weighted by Crippen LogP contribution is 2.24. The van der Waals surface area contributed by atoms with E-state index in [0.29, 0.717) is 5.69 Å². The summed E-state index contributed by atoms with van der Waals surface area (Å²) in [6.45, 7) is -0.506. The minimum Gasteiger partial charge on any atom is -0.387 e. The third-order valence-electron chi connectivity index (χ3n) is 3.07. The van der Waals surface area contributed by atoms with Gasteiger partial charge in [0.05, 0.1) is 15.2 Å². The molecule has 0 bridgehead atoms. The number of para-hydroxylation sites is 1. The Bertz CT molecular complexity index is 732. The summed E-state index contributed by atoms with van der Waals surface area (Å²) in [5.74, 6) is -0.408. The van der Waals surface area contributed by atoms with Gasteiger partial charge in [-0.3, -0.25) is 4.79 Å². The summed E-state index contributed by atoms with van der Waals surface area (Å²) < 4.78 is 1.19. The number of aliphatic hydroxyl groups excluding tert-OH is 1. The van der Waals surface area contributed by atoms with Crippen molar-refractivity contribution in [3.05, 3.63) is 59.1 Å². The summed E-state index contributed by atoms with van der Waals surface area (Å²) in [6, 6.07) is 15.7. The molecule has 0 aliphatic carbocycles. The molecule has 1 heterocycles. The van der Waals surface area contributed by atoms with Gasteiger partial charge in [-0.25, -0.2) is 4.98 Å². The zero-order valence-electron chi connectivity index (χ0n) is 11.2. The van der Waals surface area contributed by atoms with Crippen molar-refractivity contribution >= 4 is 33.1 Å². The largest absolute Gasteiger partial charge is 0.387 e. The number of hydrogen-bond acceptors (Lipinski definition) is 4. The van der Waals surface area contributed by atoms with Gasteiger partial charge in [-0.2, -0.15) is 0 Å². The van der Waals surface area contributed by atoms with Gasteiger partial charge >= 0.3 is 0 Å². The highest BCUT2D eigenvalue weighted by molar-refractivity contribution is 7.18. The number of nitrogens with zero attached hydrogens (tertiary/aromatic N) is 1. The predicted molar refractivity (Wildman–Crippen MR) is 84.6 cm³/mol. The maximum Gasteiger partial charge on any atom is 0.250 e. The predicted octanol–water partition coefficient (Wildman–Crippen LogP) is 2.82. The van der Waals surface area contributed by atoms with E-state index >= 15 is 0 Å². The molecule has 1 amide bonds. The van der Waals surface area contributed by atoms with Crippen molar-refractivity contribution in [2.75, 3.05) is 11.9 Å². The fourth-order valence-corrected chi connectivity index (χ4v) is 3.08. The fourth-order valence-electron chi connectivity index (χ4n) is 2.08. The van der Waals surface area contributed by atoms with E-state index in [1.807, 2.05) is 42.5 Å². The zero-order chi connectivity index (χ0) is 14.7. The van der Waals surface area contributed by atoms with Crippen LogP contribution in [0.5, 0.6) is 0 Å². The summed E-state index contributed by atoms with van der Waals surface area (Å²) in [6.07, 6.45) is 0.771. The first kappa shape index (κ1) is 13.7. The summed E-state index contributed by atoms with van der Waals surface area (Å²) in [4.78, 5) is 15.7. The van der Waals surface area contributed by atoms with Crippen LogP contribution in [0.2, 0.25) is 0 Å². The molecular weight excluding hydrogens is 284 g/mol. The van der Waals surface area contributed by atoms with Crippen molar-refractivity contribution in [1.29, 1.82) is 0 Å². The number of carbonyl (C=O) groups excluding carboxylic acids is 1. The lowest BCUT2D eigenvalue weighted by Crippen LogP contribution is -2.15. The molecule has 0 aliphatic heterocycles. The lowest BCUT2D eigenvalue weighted by Gasteiger charge is -2.04. The standard InChI is InChI=1S/C16H14N2O2S/c19-10-15(20)17-12-7-5-11(6-8-12)9-16-18-13-3-1-2-4-14(13)21-16/h1-8,19H,9-10H2,(H,17,20). The van der Waals surface area contributed by atoms with E-state index in [4.69, 9.17) is 5.11 Å². The van der Waals surface area contributed by atoms with Crippen molar-refractivity contribution in [1.82, 2.24) is 4.98 Å². The molecule has 5 heteroatoms. The molecule has 0 atom stereocenters. The van der Waals surface area contributed by atoms with Crippen LogP contribution in [0.25, 0.3) is 10.2 Å². The minimum atomic E-state index is -0.506. The Labute approximate surface area is 126 Å². The molecule has 0 saturated carbocycles. The Morgan fingerprint density at radius 3 is 2.62 bits per heavy atom. The summed E-state index contributed by atoms with van der Waals surface area (Å²) >= 11 is 1.70. The van der Waals surface area contributed by atoms with Crippen LogP contribution in [0.3, 0.4) is 0 Å². The molecule has 0 fully saturated rings. The van der Waals surface area contributed by atoms with Crippen LogP contribution in [0.15, 0.2) is 48.5 Å². The molecular formula is C16H14N2O2S. The van der Waals surface area contributed by atoms with Gasteiger partial charge in [0.1, 0.15) is 6.61 Å². The molecule has 2 aromatic carbocycles. The van der Waals surface area contributed by atoms with E-state index in [0.717, 1.165) is 22.5 Å². The number of aromatic nitrogens is 1. The lowest BCUT2D eigenvalue weighted by molar-refractivity contribution is -0.118. The van der Waals surface area contributed by atoms with Crippen LogP contribution in [0, 0.1) is 0 Å². The second-order valence-corrected chi connectivity index (χ2v) is 5.77. The monoisotopic (exact) mass is 298 g/mol. The number of rotatable bonds is 4. The molecule has 4 nitrogen and oxygen atoms in total. The average Bonchev–Trinajstić information content (AvgIpc) is 2.91. The Hall–Kier alpha value is -2.24. The quantitative estimate of drug-likeness (QED) is 0.778. The number of anilines is 1. The summed E-state index contributed by atoms with van der Waals surface area (Å²) in [7, 11) is 0. The van der Waals surface area contributed by atoms with Crippen molar-refractivity contribution in [3.63, 3.8) is 0 Å². The highest BCUT2D eigenvalue weighted by atomic mass is 32.1. The maximum atomic E-state index is 11.1. The first-order valence-electron chi connectivity index (χ1n) is 6.59. The van der Waals surface area contributed by atoms with Gasteiger partial charge < -0.3 is 10.4 Å². The number of nitrogens with one attached hydrogen (secondary N) is 1. The number of hydrogen-bond donors (Lipinski definition) is 2. The Morgan fingerprint density at radius 1 is 1.14 bits per heavy atom. The molecule has 2 N–H and O–H groups in total. The lowest BCUT2D eigenvalue weighted by atomic mass is 10.1. The molecule has 0 aliphatic rings. The fraction of sp³-hybridized carbons (Fsp3) is 0.125. The summed E-state index contributed by atoms with van der Waals surface area (Å²) in [5, 5.41) is 12.4. The normalized spacial score (nSPS) is 10.7. The topological polar surface area (TPSA) is 62.2 Å². The SMILES string of the molecule is O=C(CO)Nc1ccc(Cc2nc3ccccc3s2)cc1. The second kappa shape index (κ2) is 6.03. The van der Waals surface area contributed by atoms with E-state index in [2.05, 4.69) is 16.4 Å². The Morgan fingerprint density at radius 2 is 1.90 bits per heavy atom. The first-order chi connectivity index (χ1) is 10.2. The zero-order valence-corrected chi connectivity index (χ0v) is 12.1. The van der Waals surface area contributed by atoms with E-state index < -0.39 is 12.5 Å². The molecule has 1 aromatic heterocycles. The van der Waals surface area contributed by atoms with Crippen LogP contribution >= 0.6 is 11.3 Å². The van der Waals surface area contributed by atoms with Gasteiger partial charge in [0.25, 0.3) is 0 Å². The van der Waals surface area contributed by atoms with Crippen LogP contribution in [0.1, 0.15) is 10.6 Å². The smallest absolute Gasteiger partial charge is 0.250 e. The number of benzene rings is 2. The average molecular weight is 298 g/mol. The number of carbonyl (C=O) groups is 1. The number of thiazole rings is 1. The van der Waals surface area contributed by atoms with E-state index in [1.165, 1.54) is 4.70 Å². The van der Waals surface area contributed by atoms with Crippen LogP contribution in [-0.4, -0.2) is 22.6 Å². The number of aliphatic hydroxyl groups is 1. The Kier molecular flexibility index (Phi) is 3.94. The number of amides is 1. The molecule has 0 unspecified atom stereocenters. The van der Waals surface area contributed by atoms with Crippen LogP contribution < -0.4 is 5.32 Å². The highest BCUT2D eigenvalue weighted by Gasteiger charge is 2.05. The molecule has 0 saturated heterocycles. The summed E-state index contributed by atoms with van der Waals surface area (Å²) in [5.41, 5.74) is 2.85. The van der Waals surface area contributed by atoms with E-state index in [1.54, 1.807) is 11.3 Å². The molecule has 0 radical (unpaired) electrons. The van der Waals surface area contributed by atoms with Crippen molar-refractivity contribution < 1.29 is 9.90 Å². The van der Waals surface area contributed by atoms with Gasteiger partial charge in [0.2, 0.25) is 5.91 Å². The number of fused-ring (bicyclic) bond motifs is 1. The molecule has 3 rings (SSSR count). The Balaban J connectivity index is 1.74.